The molecule has 1 aromatic rings. The number of aliphatic hydroxyl groups excluding tert-OH is 1. The van der Waals surface area contributed by atoms with Crippen LogP contribution in [-0.2, 0) is 4.79 Å². The van der Waals surface area contributed by atoms with E-state index in [2.05, 4.69) is 5.32 Å². The molecule has 0 spiro atoms. The summed E-state index contributed by atoms with van der Waals surface area (Å²) in [5.41, 5.74) is 0.327. The number of anilines is 1. The first-order chi connectivity index (χ1) is 8.00. The van der Waals surface area contributed by atoms with E-state index in [1.807, 2.05) is 0 Å². The molecule has 0 radical (unpaired) electrons. The van der Waals surface area contributed by atoms with Gasteiger partial charge in [0.2, 0.25) is 5.91 Å². The fraction of sp³-hybridized carbons (Fsp3) is 0.333. The van der Waals surface area contributed by atoms with Crippen molar-refractivity contribution in [1.29, 1.82) is 0 Å². The predicted octanol–water partition coefficient (Wildman–Crippen LogP) is 1.48. The van der Waals surface area contributed by atoms with Crippen molar-refractivity contribution in [2.45, 2.75) is 25.9 Å². The summed E-state index contributed by atoms with van der Waals surface area (Å²) >= 11 is 0. The zero-order valence-electron chi connectivity index (χ0n) is 9.51. The van der Waals surface area contributed by atoms with Crippen molar-refractivity contribution in [2.75, 3.05) is 5.32 Å². The molecule has 1 atom stereocenters. The molecule has 92 valence electrons. The van der Waals surface area contributed by atoms with E-state index in [9.17, 15) is 9.59 Å². The van der Waals surface area contributed by atoms with Crippen LogP contribution in [0.1, 0.15) is 30.1 Å². The van der Waals surface area contributed by atoms with E-state index in [-0.39, 0.29) is 23.6 Å². The van der Waals surface area contributed by atoms with Crippen molar-refractivity contribution in [3.63, 3.8) is 0 Å². The minimum atomic E-state index is -1.09. The number of carbonyl (C=O) groups excluding carboxylic acids is 1. The number of carbonyl (C=O) groups is 2. The number of rotatable bonds is 5. The highest BCUT2D eigenvalue weighted by Gasteiger charge is 2.11. The van der Waals surface area contributed by atoms with Gasteiger partial charge in [-0.1, -0.05) is 12.1 Å². The average molecular weight is 237 g/mol. The number of aliphatic hydroxyl groups is 1. The molecule has 1 unspecified atom stereocenters. The van der Waals surface area contributed by atoms with E-state index in [0.717, 1.165) is 0 Å². The summed E-state index contributed by atoms with van der Waals surface area (Å²) in [4.78, 5) is 22.4. The first kappa shape index (κ1) is 13.2. The molecular formula is C12H15NO4. The van der Waals surface area contributed by atoms with Gasteiger partial charge in [-0.25, -0.2) is 4.79 Å². The lowest BCUT2D eigenvalue weighted by molar-refractivity contribution is -0.116. The molecule has 17 heavy (non-hydrogen) atoms. The summed E-state index contributed by atoms with van der Waals surface area (Å²) in [5, 5.41) is 20.5. The molecule has 1 rings (SSSR count). The number of hydrogen-bond donors (Lipinski definition) is 3. The number of amides is 1. The zero-order valence-corrected chi connectivity index (χ0v) is 9.51. The Hall–Kier alpha value is -1.88. The van der Waals surface area contributed by atoms with Crippen LogP contribution >= 0.6 is 0 Å². The quantitative estimate of drug-likeness (QED) is 0.724. The van der Waals surface area contributed by atoms with Crippen molar-refractivity contribution in [3.8, 4) is 0 Å². The van der Waals surface area contributed by atoms with E-state index in [0.29, 0.717) is 6.42 Å². The maximum Gasteiger partial charge on any atom is 0.337 e. The monoisotopic (exact) mass is 237 g/mol. The Labute approximate surface area is 99.1 Å². The molecule has 0 fully saturated rings. The van der Waals surface area contributed by atoms with Gasteiger partial charge in [-0.3, -0.25) is 4.79 Å². The highest BCUT2D eigenvalue weighted by molar-refractivity contribution is 6.00. The van der Waals surface area contributed by atoms with Crippen LogP contribution in [0.2, 0.25) is 0 Å². The van der Waals surface area contributed by atoms with Crippen LogP contribution in [0.15, 0.2) is 24.3 Å². The molecule has 0 heterocycles. The number of para-hydroxylation sites is 1. The van der Waals surface area contributed by atoms with Gasteiger partial charge >= 0.3 is 5.97 Å². The van der Waals surface area contributed by atoms with Crippen molar-refractivity contribution >= 4 is 17.6 Å². The van der Waals surface area contributed by atoms with Crippen LogP contribution in [0.3, 0.4) is 0 Å². The largest absolute Gasteiger partial charge is 0.478 e. The third-order valence-corrected chi connectivity index (χ3v) is 2.22. The standard InChI is InChI=1S/C12H15NO4/c1-8(14)6-7-11(15)13-10-5-3-2-4-9(10)12(16)17/h2-5,8,14H,6-7H2,1H3,(H,13,15)(H,16,17). The average Bonchev–Trinajstić information content (AvgIpc) is 2.27. The molecule has 0 aliphatic heterocycles. The highest BCUT2D eigenvalue weighted by Crippen LogP contribution is 2.15. The third kappa shape index (κ3) is 4.24. The Bertz CT molecular complexity index is 415. The highest BCUT2D eigenvalue weighted by atomic mass is 16.4. The summed E-state index contributed by atoms with van der Waals surface area (Å²) in [6.07, 6.45) is -0.0392. The predicted molar refractivity (Wildman–Crippen MR) is 62.9 cm³/mol. The summed E-state index contributed by atoms with van der Waals surface area (Å²) in [5.74, 6) is -1.39. The number of carboxylic acids is 1. The van der Waals surface area contributed by atoms with Crippen molar-refractivity contribution < 1.29 is 19.8 Å². The Morgan fingerprint density at radius 2 is 2.00 bits per heavy atom. The molecular weight excluding hydrogens is 222 g/mol. The van der Waals surface area contributed by atoms with E-state index >= 15 is 0 Å². The molecule has 1 aromatic carbocycles. The first-order valence-corrected chi connectivity index (χ1v) is 5.31. The summed E-state index contributed by atoms with van der Waals surface area (Å²) in [7, 11) is 0. The number of aromatic carboxylic acids is 1. The van der Waals surface area contributed by atoms with Crippen molar-refractivity contribution in [3.05, 3.63) is 29.8 Å². The van der Waals surface area contributed by atoms with Gasteiger partial charge in [0.15, 0.2) is 0 Å². The van der Waals surface area contributed by atoms with Crippen LogP contribution in [0, 0.1) is 0 Å². The van der Waals surface area contributed by atoms with Crippen molar-refractivity contribution in [1.82, 2.24) is 0 Å². The van der Waals surface area contributed by atoms with Crippen LogP contribution in [0.25, 0.3) is 0 Å². The fourth-order valence-electron chi connectivity index (χ4n) is 1.33. The van der Waals surface area contributed by atoms with Gasteiger partial charge in [-0.15, -0.1) is 0 Å². The Balaban J connectivity index is 2.68. The zero-order chi connectivity index (χ0) is 12.8. The minimum Gasteiger partial charge on any atom is -0.478 e. The van der Waals surface area contributed by atoms with Crippen LogP contribution in [0.4, 0.5) is 5.69 Å². The topological polar surface area (TPSA) is 86.6 Å². The van der Waals surface area contributed by atoms with E-state index in [4.69, 9.17) is 10.2 Å². The van der Waals surface area contributed by atoms with Crippen molar-refractivity contribution in [2.24, 2.45) is 0 Å². The van der Waals surface area contributed by atoms with Gasteiger partial charge in [-0.2, -0.15) is 0 Å². The van der Waals surface area contributed by atoms with Gasteiger partial charge in [0, 0.05) is 6.42 Å². The molecule has 0 bridgehead atoms. The van der Waals surface area contributed by atoms with Crippen LogP contribution < -0.4 is 5.32 Å². The van der Waals surface area contributed by atoms with Crippen LogP contribution in [0.5, 0.6) is 0 Å². The molecule has 0 aliphatic carbocycles. The van der Waals surface area contributed by atoms with Gasteiger partial charge in [0.05, 0.1) is 17.4 Å². The summed E-state index contributed by atoms with van der Waals surface area (Å²) in [6, 6.07) is 6.20. The summed E-state index contributed by atoms with van der Waals surface area (Å²) in [6.45, 7) is 1.60. The lowest BCUT2D eigenvalue weighted by atomic mass is 10.1. The number of carboxylic acid groups (broad SMARTS) is 1. The Morgan fingerprint density at radius 3 is 2.59 bits per heavy atom. The smallest absolute Gasteiger partial charge is 0.337 e. The molecule has 0 aromatic heterocycles. The first-order valence-electron chi connectivity index (χ1n) is 5.31. The molecule has 3 N–H and O–H groups in total. The molecule has 1 amide bonds. The Morgan fingerprint density at radius 1 is 1.35 bits per heavy atom. The van der Waals surface area contributed by atoms with Gasteiger partial charge in [-0.05, 0) is 25.5 Å². The van der Waals surface area contributed by atoms with Gasteiger partial charge in [0.1, 0.15) is 0 Å². The molecule has 0 saturated heterocycles. The molecule has 0 saturated carbocycles. The lowest BCUT2D eigenvalue weighted by Gasteiger charge is -2.08. The lowest BCUT2D eigenvalue weighted by Crippen LogP contribution is -2.16. The third-order valence-electron chi connectivity index (χ3n) is 2.22. The molecule has 0 aliphatic rings. The van der Waals surface area contributed by atoms with Crippen LogP contribution in [-0.4, -0.2) is 28.2 Å². The second-order valence-electron chi connectivity index (χ2n) is 3.79. The number of benzene rings is 1. The van der Waals surface area contributed by atoms with E-state index in [1.54, 1.807) is 19.1 Å². The second kappa shape index (κ2) is 6.00. The number of nitrogens with one attached hydrogen (secondary N) is 1. The fourth-order valence-corrected chi connectivity index (χ4v) is 1.33. The second-order valence-corrected chi connectivity index (χ2v) is 3.79. The van der Waals surface area contributed by atoms with Gasteiger partial charge < -0.3 is 15.5 Å². The normalized spacial score (nSPS) is 11.9. The maximum atomic E-state index is 11.5. The van der Waals surface area contributed by atoms with E-state index in [1.165, 1.54) is 12.1 Å². The SMILES string of the molecule is CC(O)CCC(=O)Nc1ccccc1C(=O)O. The van der Waals surface area contributed by atoms with E-state index < -0.39 is 12.1 Å². The Kier molecular flexibility index (Phi) is 4.66. The number of hydrogen-bond acceptors (Lipinski definition) is 3. The van der Waals surface area contributed by atoms with Gasteiger partial charge in [0.25, 0.3) is 0 Å². The molecule has 5 nitrogen and oxygen atoms in total. The molecule has 5 heteroatoms. The minimum absolute atomic E-state index is 0.0536. The summed E-state index contributed by atoms with van der Waals surface area (Å²) < 4.78 is 0. The maximum absolute atomic E-state index is 11.5.